The van der Waals surface area contributed by atoms with Crippen LogP contribution in [0, 0.1) is 5.82 Å². The maximum Gasteiger partial charge on any atom is 0.236 e. The molecule has 18 heavy (non-hydrogen) atoms. The highest BCUT2D eigenvalue weighted by Crippen LogP contribution is 2.24. The Balaban J connectivity index is 2.19. The van der Waals surface area contributed by atoms with Crippen LogP contribution >= 0.6 is 35.0 Å². The topological polar surface area (TPSA) is 53.8 Å². The molecule has 1 heterocycles. The van der Waals surface area contributed by atoms with Crippen molar-refractivity contribution in [2.45, 2.75) is 0 Å². The second kappa shape index (κ2) is 5.69. The Kier molecular flexibility index (Phi) is 4.21. The molecule has 1 aliphatic rings. The predicted molar refractivity (Wildman–Crippen MR) is 72.0 cm³/mol. The lowest BCUT2D eigenvalue weighted by molar-refractivity contribution is -0.116. The Morgan fingerprint density at radius 2 is 2.11 bits per heavy atom. The van der Waals surface area contributed by atoms with Gasteiger partial charge in [0.05, 0.1) is 27.6 Å². The van der Waals surface area contributed by atoms with Gasteiger partial charge in [-0.15, -0.1) is 5.10 Å². The summed E-state index contributed by atoms with van der Waals surface area (Å²) < 4.78 is 13.6. The Labute approximate surface area is 116 Å². The van der Waals surface area contributed by atoms with Crippen molar-refractivity contribution in [1.29, 1.82) is 0 Å². The minimum Gasteiger partial charge on any atom is -0.303 e. The molecule has 0 radical (unpaired) electrons. The molecule has 0 bridgehead atoms. The van der Waals surface area contributed by atoms with E-state index in [0.717, 1.165) is 6.21 Å². The summed E-state index contributed by atoms with van der Waals surface area (Å²) in [7, 11) is 0. The molecule has 1 aromatic carbocycles. The first kappa shape index (κ1) is 13.3. The quantitative estimate of drug-likeness (QED) is 0.519. The monoisotopic (exact) mass is 305 g/mol. The Hall–Kier alpha value is -1.11. The highest BCUT2D eigenvalue weighted by Gasteiger charge is 2.16. The summed E-state index contributed by atoms with van der Waals surface area (Å²) in [5, 5.41) is 10.4. The molecule has 0 unspecified atom stereocenters. The number of rotatable bonds is 2. The summed E-state index contributed by atoms with van der Waals surface area (Å²) >= 11 is 12.6. The Morgan fingerprint density at radius 1 is 1.39 bits per heavy atom. The fraction of sp³-hybridized carbons (Fsp3) is 0.100. The molecule has 0 atom stereocenters. The van der Waals surface area contributed by atoms with Crippen molar-refractivity contribution >= 4 is 52.3 Å². The third kappa shape index (κ3) is 3.01. The second-order valence-electron chi connectivity index (χ2n) is 3.24. The molecule has 0 aromatic heterocycles. The van der Waals surface area contributed by atoms with Crippen LogP contribution in [-0.2, 0) is 4.79 Å². The van der Waals surface area contributed by atoms with Crippen LogP contribution in [0.1, 0.15) is 5.56 Å². The maximum atomic E-state index is 13.6. The molecule has 1 N–H and O–H groups in total. The molecule has 1 saturated heterocycles. The van der Waals surface area contributed by atoms with E-state index in [4.69, 9.17) is 23.2 Å². The largest absolute Gasteiger partial charge is 0.303 e. The number of amides is 1. The number of nitrogens with one attached hydrogen (secondary N) is 1. The molecule has 1 fully saturated rings. The zero-order valence-corrected chi connectivity index (χ0v) is 11.1. The van der Waals surface area contributed by atoms with Gasteiger partial charge in [-0.2, -0.15) is 5.10 Å². The van der Waals surface area contributed by atoms with Gasteiger partial charge in [-0.05, 0) is 12.1 Å². The summed E-state index contributed by atoms with van der Waals surface area (Å²) in [6.07, 6.45) is 1.15. The second-order valence-corrected chi connectivity index (χ2v) is 5.02. The van der Waals surface area contributed by atoms with Gasteiger partial charge in [-0.25, -0.2) is 4.39 Å². The van der Waals surface area contributed by atoms with E-state index in [0.29, 0.717) is 10.9 Å². The summed E-state index contributed by atoms with van der Waals surface area (Å²) in [5.41, 5.74) is 0.0582. The van der Waals surface area contributed by atoms with Gasteiger partial charge < -0.3 is 5.32 Å². The van der Waals surface area contributed by atoms with Crippen molar-refractivity contribution < 1.29 is 9.18 Å². The molecule has 4 nitrogen and oxygen atoms in total. The third-order valence-corrected chi connectivity index (χ3v) is 3.49. The standard InChI is InChI=1S/C10H6Cl2FN3OS/c11-6-1-2-7(12)9(13)5(6)3-14-16-10-15-8(17)4-18-10/h1-3H,4H2,(H,15,16,17). The van der Waals surface area contributed by atoms with E-state index in [1.54, 1.807) is 0 Å². The molecular formula is C10H6Cl2FN3OS. The smallest absolute Gasteiger partial charge is 0.236 e. The number of benzene rings is 1. The van der Waals surface area contributed by atoms with Crippen molar-refractivity contribution in [2.75, 3.05) is 5.75 Å². The number of carbonyl (C=O) groups excluding carboxylic acids is 1. The van der Waals surface area contributed by atoms with Gasteiger partial charge in [-0.3, -0.25) is 4.79 Å². The number of halogens is 3. The first-order chi connectivity index (χ1) is 8.58. The lowest BCUT2D eigenvalue weighted by Crippen LogP contribution is -2.19. The fourth-order valence-electron chi connectivity index (χ4n) is 1.18. The highest BCUT2D eigenvalue weighted by atomic mass is 35.5. The van der Waals surface area contributed by atoms with E-state index in [9.17, 15) is 9.18 Å². The predicted octanol–water partition coefficient (Wildman–Crippen LogP) is 2.69. The van der Waals surface area contributed by atoms with E-state index in [-0.39, 0.29) is 21.5 Å². The Morgan fingerprint density at radius 3 is 2.78 bits per heavy atom. The SMILES string of the molecule is O=C1CSC(=NN=Cc2c(Cl)ccc(Cl)c2F)N1. The van der Waals surface area contributed by atoms with Gasteiger partial charge in [0.15, 0.2) is 11.0 Å². The van der Waals surface area contributed by atoms with Gasteiger partial charge in [0, 0.05) is 0 Å². The van der Waals surface area contributed by atoms with Crippen LogP contribution in [0.15, 0.2) is 22.3 Å². The summed E-state index contributed by atoms with van der Waals surface area (Å²) in [5.74, 6) is -0.488. The van der Waals surface area contributed by atoms with E-state index in [1.165, 1.54) is 23.9 Å². The fourth-order valence-corrected chi connectivity index (χ4v) is 2.17. The zero-order valence-electron chi connectivity index (χ0n) is 8.78. The molecule has 2 rings (SSSR count). The van der Waals surface area contributed by atoms with E-state index < -0.39 is 5.82 Å². The lowest BCUT2D eigenvalue weighted by Gasteiger charge is -2.00. The molecule has 0 saturated carbocycles. The summed E-state index contributed by atoms with van der Waals surface area (Å²) in [6.45, 7) is 0. The van der Waals surface area contributed by atoms with Crippen molar-refractivity contribution in [3.63, 3.8) is 0 Å². The molecule has 1 aromatic rings. The summed E-state index contributed by atoms with van der Waals surface area (Å²) in [4.78, 5) is 10.9. The van der Waals surface area contributed by atoms with Gasteiger partial charge >= 0.3 is 0 Å². The molecular weight excluding hydrogens is 300 g/mol. The molecule has 8 heteroatoms. The molecule has 0 aliphatic carbocycles. The van der Waals surface area contributed by atoms with Crippen LogP contribution in [0.4, 0.5) is 4.39 Å². The van der Waals surface area contributed by atoms with E-state index in [1.807, 2.05) is 0 Å². The minimum atomic E-state index is -0.656. The molecule has 1 aliphatic heterocycles. The number of amidine groups is 1. The average Bonchev–Trinajstić information content (AvgIpc) is 2.74. The van der Waals surface area contributed by atoms with E-state index in [2.05, 4.69) is 15.5 Å². The number of nitrogens with zero attached hydrogens (tertiary/aromatic N) is 2. The van der Waals surface area contributed by atoms with Crippen molar-refractivity contribution in [1.82, 2.24) is 5.32 Å². The van der Waals surface area contributed by atoms with Crippen LogP contribution in [-0.4, -0.2) is 23.0 Å². The minimum absolute atomic E-state index is 0.0444. The van der Waals surface area contributed by atoms with Crippen LogP contribution in [0.5, 0.6) is 0 Å². The van der Waals surface area contributed by atoms with Crippen LogP contribution in [0.2, 0.25) is 10.0 Å². The van der Waals surface area contributed by atoms with E-state index >= 15 is 0 Å². The van der Waals surface area contributed by atoms with Crippen molar-refractivity contribution in [3.05, 3.63) is 33.6 Å². The normalized spacial score (nSPS) is 17.7. The average molecular weight is 306 g/mol. The molecule has 0 spiro atoms. The van der Waals surface area contributed by atoms with Crippen molar-refractivity contribution in [2.24, 2.45) is 10.2 Å². The number of carbonyl (C=O) groups is 1. The van der Waals surface area contributed by atoms with Crippen LogP contribution in [0.25, 0.3) is 0 Å². The number of hydrogen-bond donors (Lipinski definition) is 1. The molecule has 94 valence electrons. The molecule has 1 amide bonds. The van der Waals surface area contributed by atoms with Crippen LogP contribution in [0.3, 0.4) is 0 Å². The van der Waals surface area contributed by atoms with Gasteiger partial charge in [0.25, 0.3) is 0 Å². The number of thioether (sulfide) groups is 1. The number of hydrogen-bond acceptors (Lipinski definition) is 4. The van der Waals surface area contributed by atoms with Gasteiger partial charge in [-0.1, -0.05) is 35.0 Å². The Bertz CT molecular complexity index is 562. The first-order valence-corrected chi connectivity index (χ1v) is 6.49. The first-order valence-electron chi connectivity index (χ1n) is 4.75. The maximum absolute atomic E-state index is 13.6. The van der Waals surface area contributed by atoms with Gasteiger partial charge in [0.1, 0.15) is 0 Å². The highest BCUT2D eigenvalue weighted by molar-refractivity contribution is 8.15. The third-order valence-electron chi connectivity index (χ3n) is 2.00. The zero-order chi connectivity index (χ0) is 13.1. The summed E-state index contributed by atoms with van der Waals surface area (Å²) in [6, 6.07) is 2.82. The van der Waals surface area contributed by atoms with Crippen LogP contribution < -0.4 is 5.32 Å². The van der Waals surface area contributed by atoms with Gasteiger partial charge in [0.2, 0.25) is 5.91 Å². The lowest BCUT2D eigenvalue weighted by atomic mass is 10.2. The van der Waals surface area contributed by atoms with Crippen molar-refractivity contribution in [3.8, 4) is 0 Å².